The zero-order valence-corrected chi connectivity index (χ0v) is 15.3. The van der Waals surface area contributed by atoms with Crippen LogP contribution in [0.4, 0.5) is 0 Å². The molecule has 1 atom stereocenters. The van der Waals surface area contributed by atoms with Crippen LogP contribution in [0.1, 0.15) is 37.1 Å². The summed E-state index contributed by atoms with van der Waals surface area (Å²) in [5, 5.41) is 6.83. The van der Waals surface area contributed by atoms with Gasteiger partial charge in [0, 0.05) is 22.6 Å². The van der Waals surface area contributed by atoms with Gasteiger partial charge in [-0.2, -0.15) is 0 Å². The van der Waals surface area contributed by atoms with Gasteiger partial charge in [-0.05, 0) is 44.4 Å². The second-order valence-electron chi connectivity index (χ2n) is 7.42. The maximum Gasteiger partial charge on any atom is 0.0720 e. The van der Waals surface area contributed by atoms with E-state index in [4.69, 9.17) is 0 Å². The van der Waals surface area contributed by atoms with Gasteiger partial charge in [-0.1, -0.05) is 49.1 Å². The van der Waals surface area contributed by atoms with Crippen LogP contribution < -0.4 is 5.32 Å². The van der Waals surface area contributed by atoms with Crippen LogP contribution in [0.3, 0.4) is 0 Å². The second kappa shape index (κ2) is 6.05. The number of hydrogen-bond acceptors (Lipinski definition) is 1. The lowest BCUT2D eigenvalue weighted by atomic mass is 9.96. The number of nitrogens with one attached hydrogen (secondary N) is 2. The van der Waals surface area contributed by atoms with Crippen molar-refractivity contribution in [3.63, 3.8) is 0 Å². The first-order chi connectivity index (χ1) is 10.5. The maximum atomic E-state index is 3.72. The molecule has 0 unspecified atom stereocenters. The average molecular weight is 313 g/mol. The Morgan fingerprint density at radius 3 is 2.77 bits per heavy atom. The molecule has 0 bridgehead atoms. The molecule has 118 valence electrons. The number of aromatic amines is 1. The Morgan fingerprint density at radius 1 is 1.27 bits per heavy atom. The number of rotatable bonds is 4. The predicted octanol–water partition coefficient (Wildman–Crippen LogP) is 4.96. The lowest BCUT2D eigenvalue weighted by Gasteiger charge is -2.27. The molecule has 3 rings (SSSR count). The molecule has 1 aliphatic heterocycles. The van der Waals surface area contributed by atoms with Gasteiger partial charge in [0.1, 0.15) is 0 Å². The molecule has 2 heterocycles. The fourth-order valence-electron chi connectivity index (χ4n) is 3.76. The summed E-state index contributed by atoms with van der Waals surface area (Å²) in [5.74, 6) is 0. The fraction of sp³-hybridized carbons (Fsp3) is 0.474. The number of allylic oxidation sites excluding steroid dienone is 2. The van der Waals surface area contributed by atoms with Gasteiger partial charge in [-0.15, -0.1) is 0 Å². The molecule has 0 amide bonds. The Kier molecular flexibility index (Phi) is 4.28. The molecule has 0 fully saturated rings. The largest absolute Gasteiger partial charge is 0.357 e. The van der Waals surface area contributed by atoms with Crippen molar-refractivity contribution >= 4 is 19.0 Å². The van der Waals surface area contributed by atoms with Gasteiger partial charge < -0.3 is 10.3 Å². The number of para-hydroxylation sites is 1. The first kappa shape index (κ1) is 15.6. The van der Waals surface area contributed by atoms with Crippen molar-refractivity contribution in [3.05, 3.63) is 46.8 Å². The van der Waals surface area contributed by atoms with Crippen molar-refractivity contribution in [3.8, 4) is 0 Å². The summed E-state index contributed by atoms with van der Waals surface area (Å²) >= 11 is 0. The van der Waals surface area contributed by atoms with Gasteiger partial charge in [0.25, 0.3) is 0 Å². The van der Waals surface area contributed by atoms with Crippen LogP contribution in [0.5, 0.6) is 0 Å². The van der Waals surface area contributed by atoms with E-state index >= 15 is 0 Å². The molecule has 2 N–H and O–H groups in total. The third-order valence-electron chi connectivity index (χ3n) is 4.97. The van der Waals surface area contributed by atoms with E-state index in [0.29, 0.717) is 6.04 Å². The smallest absolute Gasteiger partial charge is 0.0720 e. The lowest BCUT2D eigenvalue weighted by molar-refractivity contribution is 0.470. The highest BCUT2D eigenvalue weighted by atomic mass is 28.3. The maximum absolute atomic E-state index is 3.72. The van der Waals surface area contributed by atoms with E-state index in [9.17, 15) is 0 Å². The molecule has 2 aromatic rings. The number of fused-ring (bicyclic) bond motifs is 3. The van der Waals surface area contributed by atoms with Crippen LogP contribution in [0.25, 0.3) is 10.9 Å². The molecule has 0 saturated heterocycles. The minimum atomic E-state index is -1.17. The molecule has 1 aromatic carbocycles. The molecular formula is C19H28N2Si. The van der Waals surface area contributed by atoms with Gasteiger partial charge in [-0.3, -0.25) is 0 Å². The van der Waals surface area contributed by atoms with Crippen molar-refractivity contribution in [1.29, 1.82) is 0 Å². The Labute approximate surface area is 135 Å². The lowest BCUT2D eigenvalue weighted by Crippen LogP contribution is -2.31. The Morgan fingerprint density at radius 2 is 2.05 bits per heavy atom. The molecule has 2 nitrogen and oxygen atoms in total. The van der Waals surface area contributed by atoms with E-state index in [-0.39, 0.29) is 0 Å². The minimum absolute atomic E-state index is 0.474. The topological polar surface area (TPSA) is 27.8 Å². The quantitative estimate of drug-likeness (QED) is 0.767. The summed E-state index contributed by atoms with van der Waals surface area (Å²) < 4.78 is 0. The zero-order chi connectivity index (χ0) is 15.7. The minimum Gasteiger partial charge on any atom is -0.357 e. The third kappa shape index (κ3) is 2.92. The van der Waals surface area contributed by atoms with Gasteiger partial charge in [0.15, 0.2) is 0 Å². The van der Waals surface area contributed by atoms with Crippen molar-refractivity contribution in [2.75, 3.05) is 6.54 Å². The Bertz CT molecular complexity index is 691. The van der Waals surface area contributed by atoms with Crippen molar-refractivity contribution in [2.24, 2.45) is 0 Å². The zero-order valence-electron chi connectivity index (χ0n) is 14.3. The van der Waals surface area contributed by atoms with Gasteiger partial charge in [-0.25, -0.2) is 0 Å². The molecule has 0 spiro atoms. The SMILES string of the molecule is C/C=C(/CC[C@@H]1NCCc2c1[nH]c1ccccc21)[Si](C)(C)C. The molecule has 0 aliphatic carbocycles. The summed E-state index contributed by atoms with van der Waals surface area (Å²) in [7, 11) is -1.17. The summed E-state index contributed by atoms with van der Waals surface area (Å²) in [6, 6.07) is 9.20. The van der Waals surface area contributed by atoms with Crippen LogP contribution in [0.2, 0.25) is 19.6 Å². The average Bonchev–Trinajstić information content (AvgIpc) is 2.86. The van der Waals surface area contributed by atoms with E-state index in [2.05, 4.69) is 67.2 Å². The number of hydrogen-bond donors (Lipinski definition) is 2. The molecule has 0 radical (unpaired) electrons. The third-order valence-corrected chi connectivity index (χ3v) is 7.44. The number of aromatic nitrogens is 1. The summed E-state index contributed by atoms with van der Waals surface area (Å²) in [6.07, 6.45) is 5.92. The standard InChI is InChI=1S/C19H28N2Si/c1-5-14(22(2,3)4)10-11-18-19-16(12-13-20-18)15-8-6-7-9-17(15)21-19/h5-9,18,20-21H,10-13H2,1-4H3/b14-5-/t18-/m0/s1. The monoisotopic (exact) mass is 312 g/mol. The van der Waals surface area contributed by atoms with Gasteiger partial charge in [0.2, 0.25) is 0 Å². The van der Waals surface area contributed by atoms with Crippen molar-refractivity contribution in [2.45, 2.75) is 51.9 Å². The number of H-pyrrole nitrogens is 1. The van der Waals surface area contributed by atoms with Crippen LogP contribution >= 0.6 is 0 Å². The Hall–Kier alpha value is -1.32. The molecule has 0 saturated carbocycles. The van der Waals surface area contributed by atoms with E-state index in [1.165, 1.54) is 35.0 Å². The first-order valence-corrected chi connectivity index (χ1v) is 12.0. The highest BCUT2D eigenvalue weighted by Gasteiger charge is 2.25. The summed E-state index contributed by atoms with van der Waals surface area (Å²) in [5.41, 5.74) is 4.26. The van der Waals surface area contributed by atoms with Crippen LogP contribution in [0, 0.1) is 0 Å². The van der Waals surface area contributed by atoms with Gasteiger partial charge in [0.05, 0.1) is 8.07 Å². The normalized spacial score (nSPS) is 19.5. The van der Waals surface area contributed by atoms with Crippen LogP contribution in [-0.4, -0.2) is 19.6 Å². The highest BCUT2D eigenvalue weighted by Crippen LogP contribution is 2.33. The van der Waals surface area contributed by atoms with E-state index in [1.807, 2.05) is 0 Å². The van der Waals surface area contributed by atoms with Crippen LogP contribution in [-0.2, 0) is 6.42 Å². The molecular weight excluding hydrogens is 284 g/mol. The van der Waals surface area contributed by atoms with Gasteiger partial charge >= 0.3 is 0 Å². The predicted molar refractivity (Wildman–Crippen MR) is 99.1 cm³/mol. The molecule has 1 aliphatic rings. The second-order valence-corrected chi connectivity index (χ2v) is 12.6. The first-order valence-electron chi connectivity index (χ1n) is 8.49. The van der Waals surface area contributed by atoms with E-state index in [1.54, 1.807) is 5.20 Å². The molecule has 3 heteroatoms. The highest BCUT2D eigenvalue weighted by molar-refractivity contribution is 6.83. The molecule has 1 aromatic heterocycles. The van der Waals surface area contributed by atoms with E-state index in [0.717, 1.165) is 13.0 Å². The summed E-state index contributed by atoms with van der Waals surface area (Å²) in [6.45, 7) is 10.6. The van der Waals surface area contributed by atoms with Crippen molar-refractivity contribution < 1.29 is 0 Å². The number of benzene rings is 1. The molecule has 22 heavy (non-hydrogen) atoms. The summed E-state index contributed by atoms with van der Waals surface area (Å²) in [4.78, 5) is 3.68. The Balaban J connectivity index is 1.83. The van der Waals surface area contributed by atoms with E-state index < -0.39 is 8.07 Å². The van der Waals surface area contributed by atoms with Crippen LogP contribution in [0.15, 0.2) is 35.5 Å². The van der Waals surface area contributed by atoms with Crippen molar-refractivity contribution in [1.82, 2.24) is 10.3 Å². The fourth-order valence-corrected chi connectivity index (χ4v) is 5.52.